The summed E-state index contributed by atoms with van der Waals surface area (Å²) >= 11 is 5.92. The van der Waals surface area contributed by atoms with Crippen molar-refractivity contribution < 1.29 is 13.2 Å². The van der Waals surface area contributed by atoms with E-state index in [1.807, 2.05) is 0 Å². The average Bonchev–Trinajstić information content (AvgIpc) is 2.41. The minimum atomic E-state index is -3.83. The molecule has 0 aliphatic rings. The first-order chi connectivity index (χ1) is 9.38. The molecule has 0 bridgehead atoms. The van der Waals surface area contributed by atoms with Crippen LogP contribution < -0.4 is 10.5 Å². The van der Waals surface area contributed by atoms with Crippen LogP contribution in [0.5, 0.6) is 0 Å². The maximum Gasteiger partial charge on any atom is 0.255 e. The fraction of sp³-hybridized carbons (Fsp3) is 0. The molecule has 0 fully saturated rings. The van der Waals surface area contributed by atoms with Gasteiger partial charge in [0, 0.05) is 18.0 Å². The lowest BCUT2D eigenvalue weighted by atomic mass is 10.2. The number of aromatic nitrogens is 1. The van der Waals surface area contributed by atoms with E-state index >= 15 is 0 Å². The normalized spacial score (nSPS) is 11.1. The van der Waals surface area contributed by atoms with E-state index in [9.17, 15) is 13.2 Å². The van der Waals surface area contributed by atoms with Crippen molar-refractivity contribution >= 4 is 33.2 Å². The van der Waals surface area contributed by atoms with Gasteiger partial charge < -0.3 is 5.32 Å². The number of nitrogens with zero attached hydrogens (tertiary/aromatic N) is 1. The number of nitrogens with one attached hydrogen (secondary N) is 1. The molecule has 0 saturated heterocycles. The van der Waals surface area contributed by atoms with Crippen LogP contribution in [-0.4, -0.2) is 19.3 Å². The average molecular weight is 312 g/mol. The van der Waals surface area contributed by atoms with Gasteiger partial charge in [0.15, 0.2) is 0 Å². The van der Waals surface area contributed by atoms with Gasteiger partial charge in [-0.05, 0) is 30.3 Å². The molecule has 2 rings (SSSR count). The van der Waals surface area contributed by atoms with Crippen LogP contribution >= 0.6 is 11.6 Å². The molecule has 1 aromatic heterocycles. The van der Waals surface area contributed by atoms with Gasteiger partial charge in [-0.15, -0.1) is 0 Å². The second-order valence-electron chi connectivity index (χ2n) is 3.88. The van der Waals surface area contributed by atoms with Gasteiger partial charge in [-0.25, -0.2) is 13.6 Å². The molecule has 0 unspecified atom stereocenters. The molecule has 1 aromatic carbocycles. The van der Waals surface area contributed by atoms with Crippen molar-refractivity contribution in [1.82, 2.24) is 4.98 Å². The lowest BCUT2D eigenvalue weighted by Gasteiger charge is -2.08. The Morgan fingerprint density at radius 2 is 1.85 bits per heavy atom. The van der Waals surface area contributed by atoms with Crippen LogP contribution in [0, 0.1) is 0 Å². The smallest absolute Gasteiger partial charge is 0.255 e. The molecule has 0 aliphatic carbocycles. The number of hydrogen-bond acceptors (Lipinski definition) is 4. The third-order valence-corrected chi connectivity index (χ3v) is 3.68. The molecule has 0 aliphatic heterocycles. The Balaban J connectivity index is 2.25. The quantitative estimate of drug-likeness (QED) is 0.899. The summed E-state index contributed by atoms with van der Waals surface area (Å²) in [5, 5.41) is 7.64. The molecule has 0 saturated carbocycles. The van der Waals surface area contributed by atoms with Crippen LogP contribution in [0.25, 0.3) is 0 Å². The lowest BCUT2D eigenvalue weighted by molar-refractivity contribution is 0.102. The zero-order valence-corrected chi connectivity index (χ0v) is 11.6. The summed E-state index contributed by atoms with van der Waals surface area (Å²) < 4.78 is 22.3. The molecule has 0 atom stereocenters. The van der Waals surface area contributed by atoms with Gasteiger partial charge in [0.1, 0.15) is 0 Å². The molecule has 8 heteroatoms. The maximum atomic E-state index is 11.9. The molecule has 1 amide bonds. The van der Waals surface area contributed by atoms with Crippen molar-refractivity contribution in [2.24, 2.45) is 5.14 Å². The second kappa shape index (κ2) is 5.58. The highest BCUT2D eigenvalue weighted by molar-refractivity contribution is 7.89. The number of amides is 1. The second-order valence-corrected chi connectivity index (χ2v) is 5.85. The van der Waals surface area contributed by atoms with Crippen LogP contribution in [0.4, 0.5) is 5.69 Å². The lowest BCUT2D eigenvalue weighted by Crippen LogP contribution is -2.14. The van der Waals surface area contributed by atoms with E-state index in [-0.39, 0.29) is 15.8 Å². The zero-order chi connectivity index (χ0) is 14.8. The monoisotopic (exact) mass is 311 g/mol. The number of pyridine rings is 1. The fourth-order valence-electron chi connectivity index (χ4n) is 1.47. The molecule has 3 N–H and O–H groups in total. The van der Waals surface area contributed by atoms with Crippen LogP contribution in [0.15, 0.2) is 47.6 Å². The molecule has 0 spiro atoms. The van der Waals surface area contributed by atoms with E-state index in [2.05, 4.69) is 10.3 Å². The summed E-state index contributed by atoms with van der Waals surface area (Å²) in [5.41, 5.74) is 0.701. The van der Waals surface area contributed by atoms with Crippen LogP contribution in [0.1, 0.15) is 10.4 Å². The molecular formula is C12H10ClN3O3S. The number of halogens is 1. The molecule has 104 valence electrons. The maximum absolute atomic E-state index is 11.9. The number of sulfonamides is 1. The highest BCUT2D eigenvalue weighted by Gasteiger charge is 2.12. The highest BCUT2D eigenvalue weighted by Crippen LogP contribution is 2.25. The van der Waals surface area contributed by atoms with Crippen molar-refractivity contribution in [1.29, 1.82) is 0 Å². The summed E-state index contributed by atoms with van der Waals surface area (Å²) in [6.07, 6.45) is 2.97. The van der Waals surface area contributed by atoms with Gasteiger partial charge in [0.05, 0.1) is 15.6 Å². The SMILES string of the molecule is NS(=O)(=O)c1ccc(NC(=O)c2ccncc2)c(Cl)c1. The minimum Gasteiger partial charge on any atom is -0.321 e. The summed E-state index contributed by atoms with van der Waals surface area (Å²) in [6.45, 7) is 0. The van der Waals surface area contributed by atoms with E-state index in [0.29, 0.717) is 11.3 Å². The van der Waals surface area contributed by atoms with E-state index in [0.717, 1.165) is 0 Å². The van der Waals surface area contributed by atoms with E-state index in [1.54, 1.807) is 12.1 Å². The third kappa shape index (κ3) is 3.32. The van der Waals surface area contributed by atoms with Crippen molar-refractivity contribution in [3.05, 3.63) is 53.3 Å². The Labute approximate surface area is 120 Å². The number of benzene rings is 1. The number of nitrogens with two attached hydrogens (primary N) is 1. The number of hydrogen-bond donors (Lipinski definition) is 2. The number of rotatable bonds is 3. The third-order valence-electron chi connectivity index (χ3n) is 2.46. The van der Waals surface area contributed by atoms with Gasteiger partial charge >= 0.3 is 0 Å². The number of primary sulfonamides is 1. The molecule has 6 nitrogen and oxygen atoms in total. The molecular weight excluding hydrogens is 302 g/mol. The van der Waals surface area contributed by atoms with Crippen molar-refractivity contribution in [3.8, 4) is 0 Å². The van der Waals surface area contributed by atoms with Crippen molar-refractivity contribution in [2.45, 2.75) is 4.90 Å². The zero-order valence-electron chi connectivity index (χ0n) is 10.1. The van der Waals surface area contributed by atoms with Crippen LogP contribution in [0.2, 0.25) is 5.02 Å². The first kappa shape index (κ1) is 14.4. The van der Waals surface area contributed by atoms with Gasteiger partial charge in [-0.3, -0.25) is 9.78 Å². The summed E-state index contributed by atoms with van der Waals surface area (Å²) in [6, 6.07) is 6.91. The Hall–Kier alpha value is -1.96. The van der Waals surface area contributed by atoms with Crippen LogP contribution in [0.3, 0.4) is 0 Å². The first-order valence-electron chi connectivity index (χ1n) is 5.41. The molecule has 20 heavy (non-hydrogen) atoms. The Bertz CT molecular complexity index is 748. The number of anilines is 1. The predicted octanol–water partition coefficient (Wildman–Crippen LogP) is 1.63. The molecule has 0 radical (unpaired) electrons. The van der Waals surface area contributed by atoms with E-state index < -0.39 is 10.0 Å². The molecule has 1 heterocycles. The van der Waals surface area contributed by atoms with Gasteiger partial charge in [-0.1, -0.05) is 11.6 Å². The Kier molecular flexibility index (Phi) is 4.03. The summed E-state index contributed by atoms with van der Waals surface area (Å²) in [5.74, 6) is -0.377. The van der Waals surface area contributed by atoms with Crippen molar-refractivity contribution in [3.63, 3.8) is 0 Å². The largest absolute Gasteiger partial charge is 0.321 e. The topological polar surface area (TPSA) is 102 Å². The van der Waals surface area contributed by atoms with Gasteiger partial charge in [0.25, 0.3) is 5.91 Å². The van der Waals surface area contributed by atoms with Gasteiger partial charge in [0.2, 0.25) is 10.0 Å². The fourth-order valence-corrected chi connectivity index (χ4v) is 2.30. The predicted molar refractivity (Wildman–Crippen MR) is 75.0 cm³/mol. The minimum absolute atomic E-state index is 0.0823. The number of carbonyl (C=O) groups excluding carboxylic acids is 1. The molecule has 2 aromatic rings. The van der Waals surface area contributed by atoms with Crippen LogP contribution in [-0.2, 0) is 10.0 Å². The van der Waals surface area contributed by atoms with Gasteiger partial charge in [-0.2, -0.15) is 0 Å². The summed E-state index contributed by atoms with van der Waals surface area (Å²) in [4.78, 5) is 15.6. The highest BCUT2D eigenvalue weighted by atomic mass is 35.5. The van der Waals surface area contributed by atoms with E-state index in [4.69, 9.17) is 16.7 Å². The first-order valence-corrected chi connectivity index (χ1v) is 7.34. The Morgan fingerprint density at radius 3 is 2.40 bits per heavy atom. The van der Waals surface area contributed by atoms with E-state index in [1.165, 1.54) is 30.6 Å². The number of carbonyl (C=O) groups is 1. The standard InChI is InChI=1S/C12H10ClN3O3S/c13-10-7-9(20(14,18)19)1-2-11(10)16-12(17)8-3-5-15-6-4-8/h1-7H,(H,16,17)(H2,14,18,19). The van der Waals surface area contributed by atoms with Crippen molar-refractivity contribution in [2.75, 3.05) is 5.32 Å². The summed E-state index contributed by atoms with van der Waals surface area (Å²) in [7, 11) is -3.83. The Morgan fingerprint density at radius 1 is 1.20 bits per heavy atom.